The van der Waals surface area contributed by atoms with Gasteiger partial charge in [-0.15, -0.1) is 0 Å². The van der Waals surface area contributed by atoms with Gasteiger partial charge in [0.25, 0.3) is 0 Å². The fourth-order valence-electron chi connectivity index (χ4n) is 1.86. The van der Waals surface area contributed by atoms with E-state index in [2.05, 4.69) is 11.9 Å². The molecule has 0 saturated heterocycles. The van der Waals surface area contributed by atoms with Crippen molar-refractivity contribution in [3.63, 3.8) is 0 Å². The second-order valence-corrected chi connectivity index (χ2v) is 5.16. The molecule has 0 aliphatic heterocycles. The summed E-state index contributed by atoms with van der Waals surface area (Å²) in [6.07, 6.45) is 2.87. The van der Waals surface area contributed by atoms with Crippen molar-refractivity contribution in [3.8, 4) is 5.75 Å². The third-order valence-corrected chi connectivity index (χ3v) is 3.54. The maximum Gasteiger partial charge on any atom is 0.223 e. The summed E-state index contributed by atoms with van der Waals surface area (Å²) in [6, 6.07) is 5.19. The van der Waals surface area contributed by atoms with E-state index >= 15 is 0 Å². The number of aromatic hydroxyl groups is 1. The fraction of sp³-hybridized carbons (Fsp3) is 0.412. The summed E-state index contributed by atoms with van der Waals surface area (Å²) >= 11 is 0. The molecule has 21 heavy (non-hydrogen) atoms. The standard InChI is InChI=1S/C17H23NO3/c1-4-12(3)17(21)18-11-13-6-9-16(20)14(10-13)7-8-15(19)5-2/h5-6,9-10,12,20H,2,4,7-8,11H2,1,3H3,(H,18,21). The van der Waals surface area contributed by atoms with Gasteiger partial charge in [-0.1, -0.05) is 32.6 Å². The molecular formula is C17H23NO3. The maximum atomic E-state index is 11.7. The summed E-state index contributed by atoms with van der Waals surface area (Å²) in [7, 11) is 0. The van der Waals surface area contributed by atoms with Crippen molar-refractivity contribution in [3.05, 3.63) is 42.0 Å². The molecule has 2 N–H and O–H groups in total. The zero-order valence-electron chi connectivity index (χ0n) is 12.7. The Balaban J connectivity index is 2.66. The summed E-state index contributed by atoms with van der Waals surface area (Å²) in [5.74, 6) is 0.134. The van der Waals surface area contributed by atoms with Crippen LogP contribution in [0.4, 0.5) is 0 Å². The molecule has 4 heteroatoms. The largest absolute Gasteiger partial charge is 0.508 e. The Morgan fingerprint density at radius 2 is 2.14 bits per heavy atom. The average Bonchev–Trinajstić information content (AvgIpc) is 2.51. The first-order valence-corrected chi connectivity index (χ1v) is 7.21. The first-order valence-electron chi connectivity index (χ1n) is 7.21. The highest BCUT2D eigenvalue weighted by molar-refractivity contribution is 5.89. The van der Waals surface area contributed by atoms with E-state index in [0.717, 1.165) is 12.0 Å². The van der Waals surface area contributed by atoms with E-state index in [4.69, 9.17) is 0 Å². The molecular weight excluding hydrogens is 266 g/mol. The third kappa shape index (κ3) is 5.42. The number of phenols is 1. The predicted molar refractivity (Wildman–Crippen MR) is 82.9 cm³/mol. The number of phenolic OH excluding ortho intramolecular Hbond substituents is 1. The van der Waals surface area contributed by atoms with E-state index in [1.54, 1.807) is 12.1 Å². The number of allylic oxidation sites excluding steroid dienone is 1. The first-order chi connectivity index (χ1) is 9.97. The molecule has 0 radical (unpaired) electrons. The number of amides is 1. The summed E-state index contributed by atoms with van der Waals surface area (Å²) in [4.78, 5) is 23.0. The lowest BCUT2D eigenvalue weighted by atomic mass is 10.0. The van der Waals surface area contributed by atoms with Crippen molar-refractivity contribution in [1.29, 1.82) is 0 Å². The van der Waals surface area contributed by atoms with Gasteiger partial charge in [0, 0.05) is 18.9 Å². The van der Waals surface area contributed by atoms with Crippen LogP contribution in [0.2, 0.25) is 0 Å². The number of nitrogens with one attached hydrogen (secondary N) is 1. The van der Waals surface area contributed by atoms with Crippen LogP contribution in [0.3, 0.4) is 0 Å². The van der Waals surface area contributed by atoms with Crippen molar-refractivity contribution in [2.75, 3.05) is 0 Å². The molecule has 1 amide bonds. The van der Waals surface area contributed by atoms with Gasteiger partial charge in [-0.2, -0.15) is 0 Å². The zero-order chi connectivity index (χ0) is 15.8. The van der Waals surface area contributed by atoms with Gasteiger partial charge in [0.05, 0.1) is 0 Å². The minimum absolute atomic E-state index is 0.00759. The lowest BCUT2D eigenvalue weighted by molar-refractivity contribution is -0.124. The van der Waals surface area contributed by atoms with Gasteiger partial charge >= 0.3 is 0 Å². The van der Waals surface area contributed by atoms with E-state index < -0.39 is 0 Å². The molecule has 1 aromatic rings. The van der Waals surface area contributed by atoms with Gasteiger partial charge in [0.15, 0.2) is 5.78 Å². The summed E-state index contributed by atoms with van der Waals surface area (Å²) < 4.78 is 0. The van der Waals surface area contributed by atoms with Gasteiger partial charge in [0.2, 0.25) is 5.91 Å². The quantitative estimate of drug-likeness (QED) is 0.723. The van der Waals surface area contributed by atoms with Crippen LogP contribution in [0.5, 0.6) is 5.75 Å². The van der Waals surface area contributed by atoms with Crippen molar-refractivity contribution in [2.24, 2.45) is 5.92 Å². The van der Waals surface area contributed by atoms with Gasteiger partial charge < -0.3 is 10.4 Å². The first kappa shape index (κ1) is 17.0. The summed E-state index contributed by atoms with van der Waals surface area (Å²) in [5, 5.41) is 12.7. The van der Waals surface area contributed by atoms with E-state index in [9.17, 15) is 14.7 Å². The Hall–Kier alpha value is -2.10. The van der Waals surface area contributed by atoms with Gasteiger partial charge in [0.1, 0.15) is 5.75 Å². The number of hydrogen-bond acceptors (Lipinski definition) is 3. The van der Waals surface area contributed by atoms with Crippen LogP contribution in [0.15, 0.2) is 30.9 Å². The Morgan fingerprint density at radius 3 is 2.76 bits per heavy atom. The van der Waals surface area contributed by atoms with E-state index in [1.165, 1.54) is 6.08 Å². The monoisotopic (exact) mass is 289 g/mol. The number of hydrogen-bond donors (Lipinski definition) is 2. The summed E-state index contributed by atoms with van der Waals surface area (Å²) in [6.45, 7) is 7.71. The minimum Gasteiger partial charge on any atom is -0.508 e. The molecule has 114 valence electrons. The van der Waals surface area contributed by atoms with Crippen LogP contribution >= 0.6 is 0 Å². The molecule has 0 aliphatic carbocycles. The number of carbonyl (C=O) groups excluding carboxylic acids is 2. The van der Waals surface area contributed by atoms with Crippen LogP contribution in [0, 0.1) is 5.92 Å². The molecule has 0 aliphatic rings. The number of rotatable bonds is 8. The van der Waals surface area contributed by atoms with Crippen molar-refractivity contribution in [2.45, 2.75) is 39.7 Å². The minimum atomic E-state index is -0.0510. The fourth-order valence-corrected chi connectivity index (χ4v) is 1.86. The molecule has 1 unspecified atom stereocenters. The van der Waals surface area contributed by atoms with Gasteiger partial charge in [-0.05, 0) is 36.1 Å². The van der Waals surface area contributed by atoms with Crippen molar-refractivity contribution in [1.82, 2.24) is 5.32 Å². The highest BCUT2D eigenvalue weighted by Gasteiger charge is 2.10. The van der Waals surface area contributed by atoms with E-state index in [0.29, 0.717) is 24.9 Å². The van der Waals surface area contributed by atoms with Crippen LogP contribution in [-0.4, -0.2) is 16.8 Å². The average molecular weight is 289 g/mol. The van der Waals surface area contributed by atoms with Crippen LogP contribution in [0.1, 0.15) is 37.8 Å². The SMILES string of the molecule is C=CC(=O)CCc1cc(CNC(=O)C(C)CC)ccc1O. The van der Waals surface area contributed by atoms with Crippen LogP contribution < -0.4 is 5.32 Å². The lowest BCUT2D eigenvalue weighted by Gasteiger charge is -2.11. The molecule has 4 nitrogen and oxygen atoms in total. The molecule has 1 aromatic carbocycles. The van der Waals surface area contributed by atoms with E-state index in [-0.39, 0.29) is 23.4 Å². The predicted octanol–water partition coefficient (Wildman–Crippen LogP) is 2.74. The highest BCUT2D eigenvalue weighted by atomic mass is 16.3. The molecule has 1 rings (SSSR count). The Kier molecular flexibility index (Phi) is 6.66. The highest BCUT2D eigenvalue weighted by Crippen LogP contribution is 2.20. The van der Waals surface area contributed by atoms with Gasteiger partial charge in [-0.3, -0.25) is 9.59 Å². The summed E-state index contributed by atoms with van der Waals surface area (Å²) in [5.41, 5.74) is 1.62. The number of ketones is 1. The van der Waals surface area contributed by atoms with Crippen LogP contribution in [-0.2, 0) is 22.6 Å². The number of aryl methyl sites for hydroxylation is 1. The smallest absolute Gasteiger partial charge is 0.223 e. The van der Waals surface area contributed by atoms with Crippen molar-refractivity contribution >= 4 is 11.7 Å². The lowest BCUT2D eigenvalue weighted by Crippen LogP contribution is -2.28. The Morgan fingerprint density at radius 1 is 1.43 bits per heavy atom. The molecule has 0 saturated carbocycles. The Labute approximate surface area is 125 Å². The Bertz CT molecular complexity index is 523. The zero-order valence-corrected chi connectivity index (χ0v) is 12.7. The second-order valence-electron chi connectivity index (χ2n) is 5.16. The molecule has 0 aromatic heterocycles. The number of benzene rings is 1. The van der Waals surface area contributed by atoms with Crippen LogP contribution in [0.25, 0.3) is 0 Å². The third-order valence-electron chi connectivity index (χ3n) is 3.54. The number of carbonyl (C=O) groups is 2. The molecule has 0 heterocycles. The molecule has 1 atom stereocenters. The van der Waals surface area contributed by atoms with Gasteiger partial charge in [-0.25, -0.2) is 0 Å². The normalized spacial score (nSPS) is 11.7. The molecule has 0 fully saturated rings. The molecule has 0 spiro atoms. The van der Waals surface area contributed by atoms with Crippen molar-refractivity contribution < 1.29 is 14.7 Å². The van der Waals surface area contributed by atoms with E-state index in [1.807, 2.05) is 19.9 Å². The topological polar surface area (TPSA) is 66.4 Å². The maximum absolute atomic E-state index is 11.7. The second kappa shape index (κ2) is 8.25. The molecule has 0 bridgehead atoms.